The second-order valence-electron chi connectivity index (χ2n) is 2.74. The van der Waals surface area contributed by atoms with E-state index in [0.29, 0.717) is 11.6 Å². The van der Waals surface area contributed by atoms with Crippen molar-refractivity contribution < 1.29 is 5.11 Å². The summed E-state index contributed by atoms with van der Waals surface area (Å²) in [7, 11) is 5.58. The van der Waals surface area contributed by atoms with Gasteiger partial charge in [0.1, 0.15) is 0 Å². The van der Waals surface area contributed by atoms with Crippen molar-refractivity contribution in [1.29, 1.82) is 0 Å². The van der Waals surface area contributed by atoms with Crippen molar-refractivity contribution in [3.05, 3.63) is 10.6 Å². The van der Waals surface area contributed by atoms with Gasteiger partial charge in [0.05, 0.1) is 6.61 Å². The minimum absolute atomic E-state index is 0.0648. The molecular weight excluding hydrogens is 160 g/mol. The summed E-state index contributed by atoms with van der Waals surface area (Å²) in [6, 6.07) is 0. The van der Waals surface area contributed by atoms with Crippen LogP contribution >= 0.6 is 11.6 Å². The van der Waals surface area contributed by atoms with E-state index in [-0.39, 0.29) is 6.61 Å². The predicted octanol–water partition coefficient (Wildman–Crippen LogP) is 0.651. The summed E-state index contributed by atoms with van der Waals surface area (Å²) in [5.74, 6) is 0. The molecule has 0 aromatic heterocycles. The first kappa shape index (κ1) is 9.11. The van der Waals surface area contributed by atoms with Gasteiger partial charge in [-0.2, -0.15) is 0 Å². The Morgan fingerprint density at radius 3 is 3.00 bits per heavy atom. The van der Waals surface area contributed by atoms with Crippen LogP contribution in [-0.4, -0.2) is 37.6 Å². The summed E-state index contributed by atoms with van der Waals surface area (Å²) in [6.07, 6.45) is 2.00. The Bertz CT molecular complexity index is 172. The van der Waals surface area contributed by atoms with E-state index < -0.39 is 0 Å². The fraction of sp³-hybridized carbons (Fsp3) is 0.714. The first-order chi connectivity index (χ1) is 5.24. The van der Waals surface area contributed by atoms with Crippen molar-refractivity contribution in [3.63, 3.8) is 0 Å². The molecule has 60 valence electrons. The van der Waals surface area contributed by atoms with Gasteiger partial charge < -0.3 is 9.92 Å². The van der Waals surface area contributed by atoms with E-state index in [1.807, 2.05) is 0 Å². The normalized spacial score (nSPS) is 25.3. The first-order valence-corrected chi connectivity index (χ1v) is 4.08. The molecule has 0 saturated carbocycles. The van der Waals surface area contributed by atoms with Crippen LogP contribution in [0.3, 0.4) is 0 Å². The van der Waals surface area contributed by atoms with Gasteiger partial charge in [-0.25, -0.2) is 0 Å². The van der Waals surface area contributed by atoms with E-state index in [2.05, 4.69) is 0 Å². The highest BCUT2D eigenvalue weighted by molar-refractivity contribution is 6.30. The average Bonchev–Trinajstić information content (AvgIpc) is 2.03. The average molecular weight is 171 g/mol. The molecule has 0 aromatic carbocycles. The number of hydrogen-bond acceptors (Lipinski definition) is 2. The third-order valence-corrected chi connectivity index (χ3v) is 2.23. The fourth-order valence-corrected chi connectivity index (χ4v) is 1.39. The SMILES string of the molecule is [B]N1CCC/C(=C(\Cl)CO)C1. The molecule has 11 heavy (non-hydrogen) atoms. The highest BCUT2D eigenvalue weighted by atomic mass is 35.5. The number of aliphatic hydroxyl groups is 1. The molecule has 0 atom stereocenters. The maximum Gasteiger partial charge on any atom is 0.182 e. The fourth-order valence-electron chi connectivity index (χ4n) is 1.23. The Labute approximate surface area is 73.3 Å². The van der Waals surface area contributed by atoms with Crippen LogP contribution in [0.4, 0.5) is 0 Å². The van der Waals surface area contributed by atoms with Crippen molar-refractivity contribution in [2.24, 2.45) is 0 Å². The largest absolute Gasteiger partial charge is 0.391 e. The third kappa shape index (κ3) is 2.51. The van der Waals surface area contributed by atoms with Crippen LogP contribution in [0.1, 0.15) is 12.8 Å². The topological polar surface area (TPSA) is 23.5 Å². The van der Waals surface area contributed by atoms with Crippen molar-refractivity contribution in [3.8, 4) is 0 Å². The Hall–Kier alpha value is 0.0149. The maximum absolute atomic E-state index is 8.72. The Morgan fingerprint density at radius 2 is 2.45 bits per heavy atom. The van der Waals surface area contributed by atoms with E-state index >= 15 is 0 Å². The number of hydrogen-bond donors (Lipinski definition) is 1. The lowest BCUT2D eigenvalue weighted by Gasteiger charge is -2.25. The molecule has 2 radical (unpaired) electrons. The zero-order valence-electron chi connectivity index (χ0n) is 6.39. The van der Waals surface area contributed by atoms with Crippen molar-refractivity contribution in [2.45, 2.75) is 12.8 Å². The van der Waals surface area contributed by atoms with E-state index in [1.165, 1.54) is 0 Å². The zero-order chi connectivity index (χ0) is 8.27. The molecule has 1 aliphatic heterocycles. The van der Waals surface area contributed by atoms with Crippen LogP contribution in [0, 0.1) is 0 Å². The Kier molecular flexibility index (Phi) is 3.43. The summed E-state index contributed by atoms with van der Waals surface area (Å²) in [4.78, 5) is 1.72. The molecule has 0 aromatic rings. The highest BCUT2D eigenvalue weighted by Crippen LogP contribution is 2.19. The third-order valence-electron chi connectivity index (χ3n) is 1.84. The number of piperidine rings is 1. The Balaban J connectivity index is 2.58. The van der Waals surface area contributed by atoms with Crippen LogP contribution in [0.15, 0.2) is 10.6 Å². The molecule has 0 unspecified atom stereocenters. The Morgan fingerprint density at radius 1 is 1.73 bits per heavy atom. The summed E-state index contributed by atoms with van der Waals surface area (Å²) in [6.45, 7) is 1.54. The van der Waals surface area contributed by atoms with Crippen molar-refractivity contribution in [2.75, 3.05) is 19.7 Å². The molecule has 1 aliphatic rings. The van der Waals surface area contributed by atoms with Crippen molar-refractivity contribution in [1.82, 2.24) is 4.81 Å². The number of nitrogens with zero attached hydrogens (tertiary/aromatic N) is 1. The molecule has 2 nitrogen and oxygen atoms in total. The summed E-state index contributed by atoms with van der Waals surface area (Å²) < 4.78 is 0. The van der Waals surface area contributed by atoms with Crippen LogP contribution in [0.2, 0.25) is 0 Å². The zero-order valence-corrected chi connectivity index (χ0v) is 7.14. The van der Waals surface area contributed by atoms with Gasteiger partial charge in [0.2, 0.25) is 0 Å². The molecule has 1 N–H and O–H groups in total. The summed E-state index contributed by atoms with van der Waals surface area (Å²) >= 11 is 5.76. The van der Waals surface area contributed by atoms with Gasteiger partial charge >= 0.3 is 0 Å². The summed E-state index contributed by atoms with van der Waals surface area (Å²) in [5.41, 5.74) is 1.07. The van der Waals surface area contributed by atoms with Crippen LogP contribution < -0.4 is 0 Å². The first-order valence-electron chi connectivity index (χ1n) is 3.71. The smallest absolute Gasteiger partial charge is 0.182 e. The lowest BCUT2D eigenvalue weighted by molar-refractivity contribution is 0.333. The molecular formula is C7H11BClNO. The second-order valence-corrected chi connectivity index (χ2v) is 3.20. The molecule has 0 spiro atoms. The molecule has 1 saturated heterocycles. The molecule has 1 heterocycles. The van der Waals surface area contributed by atoms with Gasteiger partial charge in [0, 0.05) is 11.6 Å². The lowest BCUT2D eigenvalue weighted by atomic mass is 10.0. The van der Waals surface area contributed by atoms with E-state index in [0.717, 1.165) is 25.0 Å². The molecule has 4 heteroatoms. The van der Waals surface area contributed by atoms with E-state index in [4.69, 9.17) is 24.7 Å². The van der Waals surface area contributed by atoms with Crippen LogP contribution in [0.25, 0.3) is 0 Å². The van der Waals surface area contributed by atoms with E-state index in [9.17, 15) is 0 Å². The predicted molar refractivity (Wildman–Crippen MR) is 46.5 cm³/mol. The van der Waals surface area contributed by atoms with Crippen molar-refractivity contribution >= 4 is 19.6 Å². The van der Waals surface area contributed by atoms with E-state index in [1.54, 1.807) is 4.81 Å². The molecule has 1 rings (SSSR count). The minimum atomic E-state index is -0.0648. The standard InChI is InChI=1S/C7H11BClNO/c8-10-3-1-2-6(4-10)7(9)5-11/h11H,1-5H2/b7-6+. The minimum Gasteiger partial charge on any atom is -0.391 e. The molecule has 0 bridgehead atoms. The van der Waals surface area contributed by atoms with Gasteiger partial charge in [-0.1, -0.05) is 11.6 Å². The number of aliphatic hydroxyl groups excluding tert-OH is 1. The van der Waals surface area contributed by atoms with Gasteiger partial charge in [-0.05, 0) is 25.0 Å². The molecule has 0 aliphatic carbocycles. The quantitative estimate of drug-likeness (QED) is 0.586. The molecule has 0 amide bonds. The second kappa shape index (κ2) is 4.14. The summed E-state index contributed by atoms with van der Waals surface area (Å²) in [5, 5.41) is 9.28. The van der Waals surface area contributed by atoms with Gasteiger partial charge in [0.15, 0.2) is 7.98 Å². The monoisotopic (exact) mass is 171 g/mol. The highest BCUT2D eigenvalue weighted by Gasteiger charge is 2.12. The van der Waals surface area contributed by atoms with Gasteiger partial charge in [0.25, 0.3) is 0 Å². The van der Waals surface area contributed by atoms with Crippen LogP contribution in [0.5, 0.6) is 0 Å². The van der Waals surface area contributed by atoms with Gasteiger partial charge in [-0.3, -0.25) is 0 Å². The number of rotatable bonds is 1. The van der Waals surface area contributed by atoms with Crippen LogP contribution in [-0.2, 0) is 0 Å². The van der Waals surface area contributed by atoms with Gasteiger partial charge in [-0.15, -0.1) is 0 Å². The lowest BCUT2D eigenvalue weighted by Crippen LogP contribution is -2.29. The number of halogens is 1. The maximum atomic E-state index is 8.72. The molecule has 1 fully saturated rings.